The van der Waals surface area contributed by atoms with Crippen molar-refractivity contribution in [2.24, 2.45) is 0 Å². The molecular weight excluding hydrogens is 300 g/mol. The average Bonchev–Trinajstić information content (AvgIpc) is 2.47. The maximum atomic E-state index is 13.1. The summed E-state index contributed by atoms with van der Waals surface area (Å²) in [7, 11) is 0. The first-order valence-electron chi connectivity index (χ1n) is 8.04. The first kappa shape index (κ1) is 15.8. The molecule has 1 aromatic rings. The topological polar surface area (TPSA) is 43.8 Å². The summed E-state index contributed by atoms with van der Waals surface area (Å²) >= 11 is 6.12. The third-order valence-electron chi connectivity index (χ3n) is 5.07. The van der Waals surface area contributed by atoms with Gasteiger partial charge in [0.05, 0.1) is 12.0 Å². The van der Waals surface area contributed by atoms with E-state index in [-0.39, 0.29) is 17.9 Å². The van der Waals surface area contributed by atoms with Crippen LogP contribution in [0.5, 0.6) is 0 Å². The molecule has 0 spiro atoms. The number of rotatable bonds is 4. The van der Waals surface area contributed by atoms with Crippen molar-refractivity contribution in [1.82, 2.24) is 9.80 Å². The number of aliphatic hydroxyl groups is 1. The van der Waals surface area contributed by atoms with Gasteiger partial charge in [0.2, 0.25) is 5.91 Å². The van der Waals surface area contributed by atoms with Crippen LogP contribution in [0, 0.1) is 0 Å². The van der Waals surface area contributed by atoms with Gasteiger partial charge in [-0.2, -0.15) is 0 Å². The van der Waals surface area contributed by atoms with Crippen LogP contribution in [0.4, 0.5) is 0 Å². The Morgan fingerprint density at radius 3 is 2.50 bits per heavy atom. The lowest BCUT2D eigenvalue weighted by atomic mass is 9.63. The first-order chi connectivity index (χ1) is 10.7. The van der Waals surface area contributed by atoms with Gasteiger partial charge in [0.1, 0.15) is 0 Å². The Kier molecular flexibility index (Phi) is 4.71. The van der Waals surface area contributed by atoms with Crippen molar-refractivity contribution in [3.05, 3.63) is 34.9 Å². The minimum absolute atomic E-state index is 0.181. The quantitative estimate of drug-likeness (QED) is 0.920. The number of aliphatic hydroxyl groups excluding tert-OH is 1. The predicted molar refractivity (Wildman–Crippen MR) is 87.1 cm³/mol. The van der Waals surface area contributed by atoms with E-state index in [1.807, 2.05) is 29.2 Å². The summed E-state index contributed by atoms with van der Waals surface area (Å²) < 4.78 is 0. The molecular formula is C17H23ClN2O2. The van der Waals surface area contributed by atoms with E-state index in [0.717, 1.165) is 51.0 Å². The van der Waals surface area contributed by atoms with Crippen molar-refractivity contribution in [3.63, 3.8) is 0 Å². The number of carbonyl (C=O) groups is 1. The maximum absolute atomic E-state index is 13.1. The van der Waals surface area contributed by atoms with Gasteiger partial charge in [-0.15, -0.1) is 0 Å². The van der Waals surface area contributed by atoms with E-state index in [1.54, 1.807) is 0 Å². The van der Waals surface area contributed by atoms with Crippen molar-refractivity contribution < 1.29 is 9.90 Å². The predicted octanol–water partition coefficient (Wildman–Crippen LogP) is 1.90. The van der Waals surface area contributed by atoms with Crippen LogP contribution >= 0.6 is 11.6 Å². The first-order valence-corrected chi connectivity index (χ1v) is 8.42. The van der Waals surface area contributed by atoms with Crippen molar-refractivity contribution in [3.8, 4) is 0 Å². The summed E-state index contributed by atoms with van der Waals surface area (Å²) in [6, 6.07) is 7.77. The molecule has 0 bridgehead atoms. The van der Waals surface area contributed by atoms with Crippen LogP contribution in [0.2, 0.25) is 5.02 Å². The summed E-state index contributed by atoms with van der Waals surface area (Å²) in [5.74, 6) is 0.254. The largest absolute Gasteiger partial charge is 0.395 e. The molecule has 5 heteroatoms. The Hall–Kier alpha value is -1.10. The molecule has 1 saturated carbocycles. The summed E-state index contributed by atoms with van der Waals surface area (Å²) in [5.41, 5.74) is 0.707. The fraction of sp³-hybridized carbons (Fsp3) is 0.588. The Morgan fingerprint density at radius 2 is 1.95 bits per heavy atom. The molecule has 1 saturated heterocycles. The zero-order valence-electron chi connectivity index (χ0n) is 12.8. The molecule has 120 valence electrons. The molecule has 1 aromatic carbocycles. The van der Waals surface area contributed by atoms with E-state index >= 15 is 0 Å². The van der Waals surface area contributed by atoms with E-state index < -0.39 is 0 Å². The number of halogens is 1. The number of β-amino-alcohol motifs (C(OH)–C–C–N with tert-alkyl or cyclic N) is 1. The fourth-order valence-electron chi connectivity index (χ4n) is 3.56. The summed E-state index contributed by atoms with van der Waals surface area (Å²) in [6.45, 7) is 4.07. The minimum Gasteiger partial charge on any atom is -0.395 e. The molecule has 1 heterocycles. The van der Waals surface area contributed by atoms with Gasteiger partial charge in [0, 0.05) is 37.7 Å². The summed E-state index contributed by atoms with van der Waals surface area (Å²) in [4.78, 5) is 17.3. The number of benzene rings is 1. The molecule has 3 rings (SSSR count). The van der Waals surface area contributed by atoms with Gasteiger partial charge in [-0.1, -0.05) is 30.2 Å². The second kappa shape index (κ2) is 6.57. The van der Waals surface area contributed by atoms with Crippen molar-refractivity contribution in [1.29, 1.82) is 0 Å². The van der Waals surface area contributed by atoms with E-state index in [0.29, 0.717) is 11.6 Å². The highest BCUT2D eigenvalue weighted by molar-refractivity contribution is 6.30. The maximum Gasteiger partial charge on any atom is 0.233 e. The lowest BCUT2D eigenvalue weighted by Gasteiger charge is -2.46. The number of nitrogens with zero attached hydrogens (tertiary/aromatic N) is 2. The second-order valence-corrected chi connectivity index (χ2v) is 6.74. The van der Waals surface area contributed by atoms with Crippen molar-refractivity contribution in [2.75, 3.05) is 39.3 Å². The zero-order chi connectivity index (χ0) is 15.6. The van der Waals surface area contributed by atoms with E-state index in [9.17, 15) is 4.79 Å². The molecule has 4 nitrogen and oxygen atoms in total. The Balaban J connectivity index is 1.73. The number of amides is 1. The Bertz CT molecular complexity index is 537. The number of hydrogen-bond donors (Lipinski definition) is 1. The second-order valence-electron chi connectivity index (χ2n) is 6.30. The molecule has 1 aliphatic carbocycles. The van der Waals surface area contributed by atoms with Gasteiger partial charge < -0.3 is 10.0 Å². The van der Waals surface area contributed by atoms with Gasteiger partial charge in [0.25, 0.3) is 0 Å². The number of piperazine rings is 1. The molecule has 0 radical (unpaired) electrons. The highest BCUT2D eigenvalue weighted by Gasteiger charge is 2.48. The van der Waals surface area contributed by atoms with Crippen molar-refractivity contribution >= 4 is 17.5 Å². The third kappa shape index (κ3) is 2.87. The molecule has 0 unspecified atom stereocenters. The zero-order valence-corrected chi connectivity index (χ0v) is 13.6. The monoisotopic (exact) mass is 322 g/mol. The van der Waals surface area contributed by atoms with E-state index in [1.165, 1.54) is 0 Å². The van der Waals surface area contributed by atoms with Crippen LogP contribution in [0.25, 0.3) is 0 Å². The van der Waals surface area contributed by atoms with Crippen LogP contribution < -0.4 is 0 Å². The van der Waals surface area contributed by atoms with Gasteiger partial charge >= 0.3 is 0 Å². The third-order valence-corrected chi connectivity index (χ3v) is 5.30. The molecule has 2 aliphatic rings. The SMILES string of the molecule is O=C(N1CCN(CCO)CC1)C1(c2cccc(Cl)c2)CCC1. The van der Waals surface area contributed by atoms with Crippen LogP contribution in [0.15, 0.2) is 24.3 Å². The Morgan fingerprint density at radius 1 is 1.23 bits per heavy atom. The van der Waals surface area contributed by atoms with E-state index in [4.69, 9.17) is 16.7 Å². The van der Waals surface area contributed by atoms with Crippen LogP contribution in [-0.2, 0) is 10.2 Å². The van der Waals surface area contributed by atoms with Gasteiger partial charge in [-0.05, 0) is 30.5 Å². The molecule has 0 aromatic heterocycles. The van der Waals surface area contributed by atoms with Gasteiger partial charge in [-0.3, -0.25) is 9.69 Å². The number of hydrogen-bond acceptors (Lipinski definition) is 3. The van der Waals surface area contributed by atoms with E-state index in [2.05, 4.69) is 4.90 Å². The molecule has 22 heavy (non-hydrogen) atoms. The molecule has 1 aliphatic heterocycles. The Labute approximate surface area is 136 Å². The minimum atomic E-state index is -0.357. The normalized spacial score (nSPS) is 21.5. The highest BCUT2D eigenvalue weighted by Crippen LogP contribution is 2.45. The smallest absolute Gasteiger partial charge is 0.233 e. The van der Waals surface area contributed by atoms with Crippen LogP contribution in [0.1, 0.15) is 24.8 Å². The average molecular weight is 323 g/mol. The molecule has 0 atom stereocenters. The van der Waals surface area contributed by atoms with Crippen LogP contribution in [-0.4, -0.2) is 60.1 Å². The molecule has 1 amide bonds. The fourth-order valence-corrected chi connectivity index (χ4v) is 3.75. The summed E-state index contributed by atoms with van der Waals surface area (Å²) in [6.07, 6.45) is 2.94. The number of carbonyl (C=O) groups excluding carboxylic acids is 1. The van der Waals surface area contributed by atoms with Crippen molar-refractivity contribution in [2.45, 2.75) is 24.7 Å². The summed E-state index contributed by atoms with van der Waals surface area (Å²) in [5, 5.41) is 9.71. The van der Waals surface area contributed by atoms with Gasteiger partial charge in [-0.25, -0.2) is 0 Å². The highest BCUT2D eigenvalue weighted by atomic mass is 35.5. The van der Waals surface area contributed by atoms with Gasteiger partial charge in [0.15, 0.2) is 0 Å². The standard InChI is InChI=1S/C17H23ClN2O2/c18-15-4-1-3-14(13-15)17(5-2-6-17)16(22)20-9-7-19(8-10-20)11-12-21/h1,3-4,13,21H,2,5-12H2. The lowest BCUT2D eigenvalue weighted by molar-refractivity contribution is -0.142. The molecule has 2 fully saturated rings. The molecule has 1 N–H and O–H groups in total. The van der Waals surface area contributed by atoms with Crippen LogP contribution in [0.3, 0.4) is 0 Å². The lowest BCUT2D eigenvalue weighted by Crippen LogP contribution is -2.56.